The first-order valence-electron chi connectivity index (χ1n) is 9.69. The van der Waals surface area contributed by atoms with Crippen molar-refractivity contribution in [1.82, 2.24) is 4.90 Å². The maximum atomic E-state index is 12.2. The van der Waals surface area contributed by atoms with Gasteiger partial charge in [-0.15, -0.1) is 11.3 Å². The number of nitrogens with one attached hydrogen (secondary N) is 1. The smallest absolute Gasteiger partial charge is 0.409 e. The van der Waals surface area contributed by atoms with Gasteiger partial charge in [0.05, 0.1) is 31.1 Å². The molecule has 1 aliphatic carbocycles. The Morgan fingerprint density at radius 2 is 2.35 bits per heavy atom. The monoisotopic (exact) mass is 445 g/mol. The van der Waals surface area contributed by atoms with Gasteiger partial charge in [0, 0.05) is 24.4 Å². The van der Waals surface area contributed by atoms with Gasteiger partial charge in [-0.05, 0) is 36.6 Å². The number of hydrogen-bond donors (Lipinski definition) is 3. The fraction of sp³-hybridized carbons (Fsp3) is 0.381. The van der Waals surface area contributed by atoms with E-state index >= 15 is 0 Å². The lowest BCUT2D eigenvalue weighted by atomic mass is 9.94. The number of ether oxygens (including phenoxy) is 1. The van der Waals surface area contributed by atoms with Gasteiger partial charge in [-0.3, -0.25) is 4.79 Å². The van der Waals surface area contributed by atoms with Crippen molar-refractivity contribution in [2.75, 3.05) is 25.5 Å². The average Bonchev–Trinajstić information content (AvgIpc) is 3.38. The van der Waals surface area contributed by atoms with E-state index in [0.29, 0.717) is 35.6 Å². The predicted molar refractivity (Wildman–Crippen MR) is 113 cm³/mol. The van der Waals surface area contributed by atoms with Crippen LogP contribution in [-0.2, 0) is 22.4 Å². The number of carbonyl (C=O) groups is 2. The first-order chi connectivity index (χ1) is 14.9. The molecule has 0 radical (unpaired) electrons. The molecule has 31 heavy (non-hydrogen) atoms. The van der Waals surface area contributed by atoms with Gasteiger partial charge in [0.25, 0.3) is 0 Å². The number of likely N-dealkylation sites (N-methyl/N-ethyl adjacent to an activating group) is 1. The highest BCUT2D eigenvalue weighted by molar-refractivity contribution is 7.16. The Labute approximate surface area is 183 Å². The van der Waals surface area contributed by atoms with Gasteiger partial charge < -0.3 is 29.6 Å². The van der Waals surface area contributed by atoms with Gasteiger partial charge >= 0.3 is 6.09 Å². The lowest BCUT2D eigenvalue weighted by Crippen LogP contribution is -2.38. The second-order valence-electron chi connectivity index (χ2n) is 7.12. The number of aliphatic hydroxyl groups excluding tert-OH is 2. The van der Waals surface area contributed by atoms with Gasteiger partial charge in [-0.1, -0.05) is 0 Å². The van der Waals surface area contributed by atoms with Crippen molar-refractivity contribution < 1.29 is 29.0 Å². The second-order valence-corrected chi connectivity index (χ2v) is 8.23. The molecule has 3 rings (SSSR count). The number of fused-ring (bicyclic) bond motifs is 1. The van der Waals surface area contributed by atoms with Crippen molar-refractivity contribution in [3.8, 4) is 6.07 Å². The maximum Gasteiger partial charge on any atom is 0.409 e. The second kappa shape index (κ2) is 10.3. The highest BCUT2D eigenvalue weighted by Crippen LogP contribution is 2.38. The van der Waals surface area contributed by atoms with Crippen molar-refractivity contribution in [2.45, 2.75) is 31.5 Å². The van der Waals surface area contributed by atoms with Crippen LogP contribution in [-0.4, -0.2) is 59.5 Å². The third-order valence-corrected chi connectivity index (χ3v) is 5.96. The van der Waals surface area contributed by atoms with Crippen LogP contribution in [0.2, 0.25) is 0 Å². The van der Waals surface area contributed by atoms with Crippen LogP contribution < -0.4 is 5.32 Å². The molecule has 0 aromatic carbocycles. The van der Waals surface area contributed by atoms with E-state index in [1.54, 1.807) is 12.1 Å². The number of furan rings is 1. The van der Waals surface area contributed by atoms with E-state index in [4.69, 9.17) is 14.3 Å². The molecule has 2 heterocycles. The van der Waals surface area contributed by atoms with E-state index in [1.807, 2.05) is 0 Å². The van der Waals surface area contributed by atoms with E-state index < -0.39 is 18.8 Å². The molecule has 0 bridgehead atoms. The molecule has 0 aliphatic heterocycles. The third-order valence-electron chi connectivity index (χ3n) is 4.79. The van der Waals surface area contributed by atoms with Gasteiger partial charge in [0.15, 0.2) is 0 Å². The minimum Gasteiger partial charge on any atom is -0.465 e. The van der Waals surface area contributed by atoms with Crippen molar-refractivity contribution in [3.05, 3.63) is 46.2 Å². The van der Waals surface area contributed by atoms with E-state index in [-0.39, 0.29) is 18.6 Å². The number of rotatable bonds is 7. The zero-order valence-electron chi connectivity index (χ0n) is 16.9. The van der Waals surface area contributed by atoms with Gasteiger partial charge in [-0.25, -0.2) is 4.79 Å². The van der Waals surface area contributed by atoms with Gasteiger partial charge in [0.2, 0.25) is 5.91 Å². The maximum absolute atomic E-state index is 12.2. The molecule has 2 aromatic heterocycles. The normalized spacial score (nSPS) is 16.4. The summed E-state index contributed by atoms with van der Waals surface area (Å²) in [6.07, 6.45) is 3.92. The Kier molecular flexibility index (Phi) is 7.46. The topological polar surface area (TPSA) is 136 Å². The number of nitrogens with zero attached hydrogens (tertiary/aromatic N) is 2. The number of thiophene rings is 1. The van der Waals surface area contributed by atoms with Crippen LogP contribution in [0, 0.1) is 11.3 Å². The summed E-state index contributed by atoms with van der Waals surface area (Å²) in [6, 6.07) is 5.60. The molecule has 2 aromatic rings. The highest BCUT2D eigenvalue weighted by atomic mass is 32.1. The predicted octanol–water partition coefficient (Wildman–Crippen LogP) is 2.14. The van der Waals surface area contributed by atoms with Gasteiger partial charge in [-0.2, -0.15) is 5.26 Å². The summed E-state index contributed by atoms with van der Waals surface area (Å²) < 4.78 is 10.7. The van der Waals surface area contributed by atoms with E-state index in [1.165, 1.54) is 41.7 Å². The van der Waals surface area contributed by atoms with E-state index in [2.05, 4.69) is 11.4 Å². The molecule has 1 aliphatic rings. The number of aliphatic hydroxyl groups is 2. The van der Waals surface area contributed by atoms with Crippen LogP contribution in [0.25, 0.3) is 6.08 Å². The summed E-state index contributed by atoms with van der Waals surface area (Å²) in [6.45, 7) is -0.478. The van der Waals surface area contributed by atoms with E-state index in [9.17, 15) is 20.0 Å². The van der Waals surface area contributed by atoms with Crippen molar-refractivity contribution in [3.63, 3.8) is 0 Å². The Hall–Kier alpha value is -3.13. The molecule has 2 amide bonds. The van der Waals surface area contributed by atoms with Crippen LogP contribution in [0.5, 0.6) is 0 Å². The molecule has 10 heteroatoms. The molecular weight excluding hydrogens is 422 g/mol. The summed E-state index contributed by atoms with van der Waals surface area (Å²) in [5.74, 6) is 0.167. The Bertz CT molecular complexity index is 992. The Morgan fingerprint density at radius 1 is 1.55 bits per heavy atom. The van der Waals surface area contributed by atoms with Crippen LogP contribution >= 0.6 is 11.3 Å². The van der Waals surface area contributed by atoms with Crippen molar-refractivity contribution in [1.29, 1.82) is 5.26 Å². The molecular formula is C21H23N3O6S. The van der Waals surface area contributed by atoms with E-state index in [0.717, 1.165) is 10.4 Å². The molecule has 2 atom stereocenters. The summed E-state index contributed by atoms with van der Waals surface area (Å²) in [5, 5.41) is 31.2. The molecule has 0 saturated heterocycles. The summed E-state index contributed by atoms with van der Waals surface area (Å²) in [7, 11) is 1.48. The Balaban J connectivity index is 1.64. The molecule has 0 spiro atoms. The fourth-order valence-electron chi connectivity index (χ4n) is 3.24. The largest absolute Gasteiger partial charge is 0.465 e. The number of amides is 2. The molecule has 9 nitrogen and oxygen atoms in total. The molecule has 3 N–H and O–H groups in total. The molecule has 2 unspecified atom stereocenters. The number of nitriles is 1. The highest BCUT2D eigenvalue weighted by Gasteiger charge is 2.29. The lowest BCUT2D eigenvalue weighted by molar-refractivity contribution is -0.111. The zero-order valence-corrected chi connectivity index (χ0v) is 17.7. The van der Waals surface area contributed by atoms with Crippen LogP contribution in [0.3, 0.4) is 0 Å². The zero-order chi connectivity index (χ0) is 22.4. The quantitative estimate of drug-likeness (QED) is 0.556. The van der Waals surface area contributed by atoms with Crippen LogP contribution in [0.15, 0.2) is 28.9 Å². The fourth-order valence-corrected chi connectivity index (χ4v) is 4.51. The lowest BCUT2D eigenvalue weighted by Gasteiger charge is -2.26. The molecule has 164 valence electrons. The summed E-state index contributed by atoms with van der Waals surface area (Å²) in [4.78, 5) is 26.5. The summed E-state index contributed by atoms with van der Waals surface area (Å²) >= 11 is 1.30. The van der Waals surface area contributed by atoms with Crippen molar-refractivity contribution in [2.24, 2.45) is 0 Å². The van der Waals surface area contributed by atoms with Gasteiger partial charge in [0.1, 0.15) is 22.9 Å². The SMILES string of the molecule is CN(CC(O)CO)C(=O)OC1CCc2c(sc(NC(=O)/C=C/c3ccco3)c2C#N)C1. The Morgan fingerprint density at radius 3 is 3.03 bits per heavy atom. The summed E-state index contributed by atoms with van der Waals surface area (Å²) in [5.41, 5.74) is 1.31. The third kappa shape index (κ3) is 5.73. The minimum atomic E-state index is -1.03. The number of carbonyl (C=O) groups excluding carboxylic acids is 2. The van der Waals surface area contributed by atoms with Crippen molar-refractivity contribution >= 4 is 34.4 Å². The first kappa shape index (κ1) is 22.6. The number of anilines is 1. The molecule has 0 fully saturated rings. The minimum absolute atomic E-state index is 0.0351. The number of hydrogen-bond acceptors (Lipinski definition) is 8. The standard InChI is InChI=1S/C21H23N3O6S/c1-24(11-13(26)12-25)21(28)30-15-4-6-16-17(10-22)20(31-18(16)9-15)23-19(27)7-5-14-3-2-8-29-14/h2-3,5,7-8,13,15,25-26H,4,6,9,11-12H2,1H3,(H,23,27)/b7-5+. The van der Waals surface area contributed by atoms with Crippen LogP contribution in [0.4, 0.5) is 9.80 Å². The first-order valence-corrected chi connectivity index (χ1v) is 10.5. The molecule has 0 saturated carbocycles. The average molecular weight is 445 g/mol. The van der Waals surface area contributed by atoms with Crippen LogP contribution in [0.1, 0.15) is 28.2 Å².